The first-order valence-electron chi connectivity index (χ1n) is 5.76. The van der Waals surface area contributed by atoms with E-state index in [2.05, 4.69) is 4.72 Å². The molecule has 18 heavy (non-hydrogen) atoms. The van der Waals surface area contributed by atoms with Crippen LogP contribution in [0.25, 0.3) is 0 Å². The lowest BCUT2D eigenvalue weighted by atomic mass is 10.1. The molecule has 0 fully saturated rings. The second-order valence-electron chi connectivity index (χ2n) is 4.94. The summed E-state index contributed by atoms with van der Waals surface area (Å²) in [5.74, 6) is 0. The lowest BCUT2D eigenvalue weighted by Crippen LogP contribution is -2.52. The molecule has 0 amide bonds. The van der Waals surface area contributed by atoms with Crippen LogP contribution in [0.1, 0.15) is 19.4 Å². The standard InChI is InChI=1S/C12H21N3O2S/c1-12(2,10-13)14-18(16,17)15(3)9-11-7-5-4-6-8-11/h4-8,14H,9-10,13H2,1-3H3. The van der Waals surface area contributed by atoms with Crippen molar-refractivity contribution < 1.29 is 8.42 Å². The number of hydrogen-bond acceptors (Lipinski definition) is 3. The van der Waals surface area contributed by atoms with Crippen LogP contribution in [-0.4, -0.2) is 31.9 Å². The summed E-state index contributed by atoms with van der Waals surface area (Å²) < 4.78 is 28.0. The molecule has 1 aromatic rings. The van der Waals surface area contributed by atoms with Crippen molar-refractivity contribution in [3.05, 3.63) is 35.9 Å². The Morgan fingerprint density at radius 2 is 1.83 bits per heavy atom. The van der Waals surface area contributed by atoms with Gasteiger partial charge in [-0.2, -0.15) is 17.4 Å². The summed E-state index contributed by atoms with van der Waals surface area (Å²) >= 11 is 0. The van der Waals surface area contributed by atoms with E-state index >= 15 is 0 Å². The molecular formula is C12H21N3O2S. The van der Waals surface area contributed by atoms with E-state index < -0.39 is 15.7 Å². The van der Waals surface area contributed by atoms with Gasteiger partial charge in [0, 0.05) is 25.7 Å². The first-order valence-corrected chi connectivity index (χ1v) is 7.20. The van der Waals surface area contributed by atoms with Crippen molar-refractivity contribution in [3.8, 4) is 0 Å². The Labute approximate surface area is 109 Å². The maximum atomic E-state index is 12.1. The van der Waals surface area contributed by atoms with Crippen LogP contribution in [-0.2, 0) is 16.8 Å². The predicted molar refractivity (Wildman–Crippen MR) is 73.1 cm³/mol. The third kappa shape index (κ3) is 4.38. The number of rotatable bonds is 6. The lowest BCUT2D eigenvalue weighted by molar-refractivity contribution is 0.409. The number of nitrogens with two attached hydrogens (primary N) is 1. The van der Waals surface area contributed by atoms with Crippen LogP contribution in [0.3, 0.4) is 0 Å². The molecular weight excluding hydrogens is 250 g/mol. The van der Waals surface area contributed by atoms with Gasteiger partial charge >= 0.3 is 0 Å². The molecule has 1 aromatic carbocycles. The highest BCUT2D eigenvalue weighted by atomic mass is 32.2. The van der Waals surface area contributed by atoms with Gasteiger partial charge in [0.25, 0.3) is 10.2 Å². The zero-order valence-electron chi connectivity index (χ0n) is 11.1. The Morgan fingerprint density at radius 3 is 2.33 bits per heavy atom. The van der Waals surface area contributed by atoms with Crippen LogP contribution in [0, 0.1) is 0 Å². The third-order valence-electron chi connectivity index (χ3n) is 2.57. The molecule has 0 bridgehead atoms. The Balaban J connectivity index is 2.74. The van der Waals surface area contributed by atoms with Crippen molar-refractivity contribution in [1.82, 2.24) is 9.03 Å². The van der Waals surface area contributed by atoms with Gasteiger partial charge in [0.15, 0.2) is 0 Å². The highest BCUT2D eigenvalue weighted by Gasteiger charge is 2.26. The molecule has 102 valence electrons. The van der Waals surface area contributed by atoms with Crippen LogP contribution in [0.15, 0.2) is 30.3 Å². The Bertz CT molecular complexity index is 471. The number of benzene rings is 1. The van der Waals surface area contributed by atoms with Gasteiger partial charge < -0.3 is 5.73 Å². The molecule has 3 N–H and O–H groups in total. The molecule has 0 aromatic heterocycles. The summed E-state index contributed by atoms with van der Waals surface area (Å²) in [6.07, 6.45) is 0. The van der Waals surface area contributed by atoms with E-state index in [9.17, 15) is 8.42 Å². The maximum Gasteiger partial charge on any atom is 0.280 e. The second kappa shape index (κ2) is 5.79. The summed E-state index contributed by atoms with van der Waals surface area (Å²) in [6.45, 7) is 4.07. The van der Waals surface area contributed by atoms with Gasteiger partial charge in [-0.3, -0.25) is 0 Å². The van der Waals surface area contributed by atoms with E-state index in [-0.39, 0.29) is 6.54 Å². The van der Waals surface area contributed by atoms with Crippen molar-refractivity contribution in [2.45, 2.75) is 25.9 Å². The second-order valence-corrected chi connectivity index (χ2v) is 6.71. The van der Waals surface area contributed by atoms with E-state index in [4.69, 9.17) is 5.73 Å². The third-order valence-corrected chi connectivity index (χ3v) is 4.33. The normalized spacial score (nSPS) is 12.9. The predicted octanol–water partition coefficient (Wildman–Crippen LogP) is 0.690. The molecule has 0 unspecified atom stereocenters. The first-order chi connectivity index (χ1) is 8.27. The van der Waals surface area contributed by atoms with Crippen molar-refractivity contribution in [3.63, 3.8) is 0 Å². The van der Waals surface area contributed by atoms with E-state index in [1.165, 1.54) is 4.31 Å². The Morgan fingerprint density at radius 1 is 1.28 bits per heavy atom. The summed E-state index contributed by atoms with van der Waals surface area (Å²) in [4.78, 5) is 0. The Kier molecular flexibility index (Phi) is 4.86. The topological polar surface area (TPSA) is 75.4 Å². The summed E-state index contributed by atoms with van der Waals surface area (Å²) in [7, 11) is -1.98. The number of nitrogens with zero attached hydrogens (tertiary/aromatic N) is 1. The summed E-state index contributed by atoms with van der Waals surface area (Å²) in [5, 5.41) is 0. The molecule has 0 spiro atoms. The molecule has 0 atom stereocenters. The van der Waals surface area contributed by atoms with Gasteiger partial charge in [-0.25, -0.2) is 0 Å². The maximum absolute atomic E-state index is 12.1. The SMILES string of the molecule is CN(Cc1ccccc1)S(=O)(=O)NC(C)(C)CN. The highest BCUT2D eigenvalue weighted by molar-refractivity contribution is 7.87. The van der Waals surface area contributed by atoms with Gasteiger partial charge in [0.2, 0.25) is 0 Å². The molecule has 1 rings (SSSR count). The Hall–Kier alpha value is -0.950. The molecule has 0 aliphatic rings. The summed E-state index contributed by atoms with van der Waals surface area (Å²) in [5.41, 5.74) is 5.81. The van der Waals surface area contributed by atoms with Crippen LogP contribution in [0.2, 0.25) is 0 Å². The van der Waals surface area contributed by atoms with E-state index in [1.54, 1.807) is 20.9 Å². The molecule has 0 radical (unpaired) electrons. The largest absolute Gasteiger partial charge is 0.329 e. The van der Waals surface area contributed by atoms with E-state index in [0.29, 0.717) is 6.54 Å². The highest BCUT2D eigenvalue weighted by Crippen LogP contribution is 2.09. The number of nitrogens with one attached hydrogen (secondary N) is 1. The molecule has 0 aliphatic carbocycles. The monoisotopic (exact) mass is 271 g/mol. The fraction of sp³-hybridized carbons (Fsp3) is 0.500. The molecule has 0 saturated heterocycles. The van der Waals surface area contributed by atoms with Crippen LogP contribution < -0.4 is 10.5 Å². The fourth-order valence-corrected chi connectivity index (χ4v) is 2.65. The van der Waals surface area contributed by atoms with Gasteiger partial charge in [0.05, 0.1) is 0 Å². The smallest absolute Gasteiger partial charge is 0.280 e. The number of hydrogen-bond donors (Lipinski definition) is 2. The zero-order chi connectivity index (χ0) is 13.8. The average Bonchev–Trinajstić information content (AvgIpc) is 2.29. The van der Waals surface area contributed by atoms with Crippen LogP contribution in [0.4, 0.5) is 0 Å². The molecule has 0 saturated carbocycles. The van der Waals surface area contributed by atoms with Crippen LogP contribution >= 0.6 is 0 Å². The van der Waals surface area contributed by atoms with Crippen molar-refractivity contribution >= 4 is 10.2 Å². The summed E-state index contributed by atoms with van der Waals surface area (Å²) in [6, 6.07) is 9.44. The van der Waals surface area contributed by atoms with Crippen LogP contribution in [0.5, 0.6) is 0 Å². The van der Waals surface area contributed by atoms with E-state index in [0.717, 1.165) is 5.56 Å². The van der Waals surface area contributed by atoms with E-state index in [1.807, 2.05) is 30.3 Å². The first kappa shape index (κ1) is 15.1. The van der Waals surface area contributed by atoms with Gasteiger partial charge in [-0.15, -0.1) is 0 Å². The molecule has 0 aliphatic heterocycles. The van der Waals surface area contributed by atoms with Gasteiger partial charge in [0.1, 0.15) is 0 Å². The lowest BCUT2D eigenvalue weighted by Gasteiger charge is -2.27. The zero-order valence-corrected chi connectivity index (χ0v) is 11.9. The quantitative estimate of drug-likeness (QED) is 0.799. The molecule has 5 nitrogen and oxygen atoms in total. The minimum Gasteiger partial charge on any atom is -0.329 e. The fourth-order valence-electron chi connectivity index (χ4n) is 1.39. The van der Waals surface area contributed by atoms with Crippen molar-refractivity contribution in [2.75, 3.05) is 13.6 Å². The van der Waals surface area contributed by atoms with Gasteiger partial charge in [-0.05, 0) is 19.4 Å². The van der Waals surface area contributed by atoms with Crippen molar-refractivity contribution in [1.29, 1.82) is 0 Å². The minimum absolute atomic E-state index is 0.241. The van der Waals surface area contributed by atoms with Crippen molar-refractivity contribution in [2.24, 2.45) is 5.73 Å². The average molecular weight is 271 g/mol. The molecule has 0 heterocycles. The molecule has 6 heteroatoms. The van der Waals surface area contributed by atoms with Gasteiger partial charge in [-0.1, -0.05) is 30.3 Å². The minimum atomic E-state index is -3.52.